The highest BCUT2D eigenvalue weighted by molar-refractivity contribution is 7.98. The fourth-order valence-corrected chi connectivity index (χ4v) is 3.93. The van der Waals surface area contributed by atoms with E-state index in [-0.39, 0.29) is 12.5 Å². The van der Waals surface area contributed by atoms with Crippen LogP contribution in [0.25, 0.3) is 10.2 Å². The summed E-state index contributed by atoms with van der Waals surface area (Å²) in [7, 11) is 1.65. The number of ether oxygens (including phenoxy) is 2. The molecule has 0 radical (unpaired) electrons. The van der Waals surface area contributed by atoms with Gasteiger partial charge in [0.2, 0.25) is 0 Å². The normalized spacial score (nSPS) is 11.7. The second-order valence-corrected chi connectivity index (χ2v) is 7.46. The van der Waals surface area contributed by atoms with E-state index in [0.29, 0.717) is 10.6 Å². The second-order valence-electron chi connectivity index (χ2n) is 5.47. The van der Waals surface area contributed by atoms with Crippen LogP contribution in [0.3, 0.4) is 0 Å². The lowest BCUT2D eigenvalue weighted by Crippen LogP contribution is -2.20. The van der Waals surface area contributed by atoms with Gasteiger partial charge in [-0.05, 0) is 36.6 Å². The molecule has 0 aliphatic carbocycles. The molecule has 1 aromatic heterocycles. The number of benzene rings is 2. The predicted molar refractivity (Wildman–Crippen MR) is 107 cm³/mol. The number of carbonyl (C=O) groups excluding carboxylic acids is 1. The van der Waals surface area contributed by atoms with Gasteiger partial charge >= 0.3 is 0 Å². The van der Waals surface area contributed by atoms with Crippen LogP contribution < -0.4 is 14.3 Å². The monoisotopic (exact) mass is 388 g/mol. The van der Waals surface area contributed by atoms with Gasteiger partial charge in [-0.2, -0.15) is 16.8 Å². The summed E-state index contributed by atoms with van der Waals surface area (Å²) in [6, 6.07) is 15.2. The van der Waals surface area contributed by atoms with Crippen molar-refractivity contribution in [2.24, 2.45) is 4.99 Å². The number of aryl methyl sites for hydroxylation is 1. The Hall–Kier alpha value is -2.25. The minimum Gasteiger partial charge on any atom is -0.497 e. The van der Waals surface area contributed by atoms with E-state index in [9.17, 15) is 4.79 Å². The van der Waals surface area contributed by atoms with Gasteiger partial charge in [-0.1, -0.05) is 29.5 Å². The molecule has 2 aromatic carbocycles. The summed E-state index contributed by atoms with van der Waals surface area (Å²) in [5.41, 5.74) is 1.06. The Morgan fingerprint density at radius 3 is 2.73 bits per heavy atom. The Bertz CT molecular complexity index is 948. The lowest BCUT2D eigenvalue weighted by Gasteiger charge is -2.05. The molecule has 1 amide bonds. The van der Waals surface area contributed by atoms with Crippen LogP contribution in [0.2, 0.25) is 0 Å². The summed E-state index contributed by atoms with van der Waals surface area (Å²) in [5.74, 6) is 2.10. The molecule has 0 fully saturated rings. The number of methoxy groups -OCH3 is 1. The van der Waals surface area contributed by atoms with Gasteiger partial charge < -0.3 is 14.0 Å². The van der Waals surface area contributed by atoms with E-state index < -0.39 is 0 Å². The van der Waals surface area contributed by atoms with Crippen LogP contribution in [0.15, 0.2) is 53.5 Å². The fourth-order valence-electron chi connectivity index (χ4n) is 2.47. The maximum Gasteiger partial charge on any atom is 0.286 e. The third kappa shape index (κ3) is 4.47. The third-order valence-electron chi connectivity index (χ3n) is 3.73. The van der Waals surface area contributed by atoms with E-state index in [1.54, 1.807) is 18.9 Å². The minimum absolute atomic E-state index is 0.0793. The predicted octanol–water partition coefficient (Wildman–Crippen LogP) is 3.58. The molecule has 0 saturated carbocycles. The van der Waals surface area contributed by atoms with Gasteiger partial charge in [-0.25, -0.2) is 0 Å². The molecule has 0 aliphatic heterocycles. The Morgan fingerprint density at radius 2 is 2.00 bits per heavy atom. The van der Waals surface area contributed by atoms with E-state index in [0.717, 1.165) is 28.3 Å². The van der Waals surface area contributed by atoms with Gasteiger partial charge in [0.25, 0.3) is 5.91 Å². The minimum atomic E-state index is -0.301. The van der Waals surface area contributed by atoms with Crippen LogP contribution in [0.4, 0.5) is 0 Å². The summed E-state index contributed by atoms with van der Waals surface area (Å²) in [6.07, 6.45) is 2.06. The zero-order valence-corrected chi connectivity index (χ0v) is 16.3. The van der Waals surface area contributed by atoms with Crippen molar-refractivity contribution in [1.82, 2.24) is 4.57 Å². The Labute approximate surface area is 160 Å². The zero-order valence-electron chi connectivity index (χ0n) is 14.7. The van der Waals surface area contributed by atoms with E-state index in [1.165, 1.54) is 11.3 Å². The van der Waals surface area contributed by atoms with Crippen molar-refractivity contribution in [2.75, 3.05) is 25.7 Å². The Kier molecular flexibility index (Phi) is 6.35. The molecule has 0 atom stereocenters. The highest BCUT2D eigenvalue weighted by atomic mass is 32.2. The van der Waals surface area contributed by atoms with E-state index in [1.807, 2.05) is 48.5 Å². The van der Waals surface area contributed by atoms with Crippen LogP contribution >= 0.6 is 23.1 Å². The molecule has 3 rings (SSSR count). The smallest absolute Gasteiger partial charge is 0.286 e. The first kappa shape index (κ1) is 18.5. The maximum atomic E-state index is 12.3. The largest absolute Gasteiger partial charge is 0.497 e. The average molecular weight is 389 g/mol. The van der Waals surface area contributed by atoms with Crippen LogP contribution in [0.1, 0.15) is 0 Å². The molecular formula is C19H20N2O3S2. The van der Waals surface area contributed by atoms with E-state index >= 15 is 0 Å². The molecular weight excluding hydrogens is 368 g/mol. The molecule has 0 aliphatic rings. The van der Waals surface area contributed by atoms with E-state index in [2.05, 4.69) is 15.8 Å². The van der Waals surface area contributed by atoms with Gasteiger partial charge in [0.1, 0.15) is 11.5 Å². The SMILES string of the molecule is COc1ccc2c(c1)sc(=NC(=O)COc1ccccc1)n2CCSC. The van der Waals surface area contributed by atoms with Gasteiger partial charge in [-0.15, -0.1) is 0 Å². The first-order valence-corrected chi connectivity index (χ1v) is 10.3. The van der Waals surface area contributed by atoms with E-state index in [4.69, 9.17) is 9.47 Å². The van der Waals surface area contributed by atoms with Crippen molar-refractivity contribution in [3.8, 4) is 11.5 Å². The fraction of sp³-hybridized carbons (Fsp3) is 0.263. The topological polar surface area (TPSA) is 52.8 Å². The Balaban J connectivity index is 1.88. The summed E-state index contributed by atoms with van der Waals surface area (Å²) in [5, 5.41) is 0. The highest BCUT2D eigenvalue weighted by Crippen LogP contribution is 2.23. The van der Waals surface area contributed by atoms with Crippen molar-refractivity contribution >= 4 is 39.2 Å². The second kappa shape index (κ2) is 8.91. The number of nitrogens with zero attached hydrogens (tertiary/aromatic N) is 2. The molecule has 5 nitrogen and oxygen atoms in total. The third-order valence-corrected chi connectivity index (χ3v) is 5.37. The Morgan fingerprint density at radius 1 is 1.19 bits per heavy atom. The number of aromatic nitrogens is 1. The number of hydrogen-bond donors (Lipinski definition) is 0. The van der Waals surface area contributed by atoms with Gasteiger partial charge in [0.05, 0.1) is 17.3 Å². The molecule has 0 N–H and O–H groups in total. The molecule has 7 heteroatoms. The van der Waals surface area contributed by atoms with Crippen molar-refractivity contribution in [1.29, 1.82) is 0 Å². The van der Waals surface area contributed by atoms with Gasteiger partial charge in [-0.3, -0.25) is 4.79 Å². The quantitative estimate of drug-likeness (QED) is 0.621. The molecule has 0 spiro atoms. The zero-order chi connectivity index (χ0) is 18.4. The summed E-state index contributed by atoms with van der Waals surface area (Å²) >= 11 is 3.24. The number of rotatable bonds is 7. The molecule has 0 unspecified atom stereocenters. The first-order chi connectivity index (χ1) is 12.7. The molecule has 0 saturated heterocycles. The molecule has 0 bridgehead atoms. The van der Waals surface area contributed by atoms with Crippen molar-refractivity contribution in [2.45, 2.75) is 6.54 Å². The number of hydrogen-bond acceptors (Lipinski definition) is 5. The maximum absolute atomic E-state index is 12.3. The number of carbonyl (C=O) groups is 1. The number of amides is 1. The van der Waals surface area contributed by atoms with Crippen LogP contribution in [0, 0.1) is 0 Å². The molecule has 3 aromatic rings. The summed E-state index contributed by atoms with van der Waals surface area (Å²) in [4.78, 5) is 17.3. The summed E-state index contributed by atoms with van der Waals surface area (Å²) in [6.45, 7) is 0.712. The molecule has 1 heterocycles. The molecule has 136 valence electrons. The van der Waals surface area contributed by atoms with Crippen molar-refractivity contribution < 1.29 is 14.3 Å². The number of thioether (sulfide) groups is 1. The van der Waals surface area contributed by atoms with Crippen LogP contribution in [-0.4, -0.2) is 36.2 Å². The highest BCUT2D eigenvalue weighted by Gasteiger charge is 2.09. The summed E-state index contributed by atoms with van der Waals surface area (Å²) < 4.78 is 13.9. The lowest BCUT2D eigenvalue weighted by atomic mass is 10.3. The average Bonchev–Trinajstić information content (AvgIpc) is 3.01. The number of thiazole rings is 1. The molecule has 26 heavy (non-hydrogen) atoms. The van der Waals surface area contributed by atoms with Gasteiger partial charge in [0, 0.05) is 12.3 Å². The van der Waals surface area contributed by atoms with Crippen LogP contribution in [-0.2, 0) is 11.3 Å². The standard InChI is InChI=1S/C19H20N2O3S2/c1-23-15-8-9-16-17(12-15)26-19(21(16)10-11-25-2)20-18(22)13-24-14-6-4-3-5-7-14/h3-9,12H,10-11,13H2,1-2H3. The number of fused-ring (bicyclic) bond motifs is 1. The number of para-hydroxylation sites is 1. The lowest BCUT2D eigenvalue weighted by molar-refractivity contribution is -0.120. The van der Waals surface area contributed by atoms with Gasteiger partial charge in [0.15, 0.2) is 11.4 Å². The van der Waals surface area contributed by atoms with Crippen LogP contribution in [0.5, 0.6) is 11.5 Å². The van der Waals surface area contributed by atoms with Crippen molar-refractivity contribution in [3.63, 3.8) is 0 Å². The van der Waals surface area contributed by atoms with Crippen molar-refractivity contribution in [3.05, 3.63) is 53.3 Å². The first-order valence-electron chi connectivity index (χ1n) is 8.13.